The number of carbonyl (C=O) groups is 3. The molecule has 1 N–H and O–H groups in total. The Morgan fingerprint density at radius 3 is 2.04 bits per heavy atom. The van der Waals surface area contributed by atoms with Gasteiger partial charge < -0.3 is 19.3 Å². The standard InChI is InChI=1S/C40H40BN3O3.C12H16O2.C4H10.C3H7F/c1-8-28-14-19-34(36(21-28)39(46)43-24-30-13-11-10-12-29(30)20-25(43)3)37-23-35(26(4)41(37)6)40(47)44(32-15-17-33(45)18-16-32)38-22-31(9-2)42(7)27(38)5;1-3-8-14-12-6-4-11(5-7-12)9-10(2)13;1-3-4-2;1-2-3-4/h2,10-19,21-23,25,45H,8,20,24H2,1,3-7H3;4-7H,3,8-9H2,1-2H3;3-4H2,1-2H3;2-3H2,1H3. The SMILES string of the molecule is C#Cc1cc(N(C(=O)C2=C(C)B(C)C(c3ccc(CC)cc3C(=O)N3Cc4ccccc4CC3C)=C2)c2ccc(O)cc2)c(C)n1C.CCCC.CCCF.CCCOc1ccc(CC(C)=O)cc1. The molecule has 1 aromatic heterocycles. The van der Waals surface area contributed by atoms with Gasteiger partial charge in [0.25, 0.3) is 11.8 Å². The molecule has 7 rings (SSSR count). The summed E-state index contributed by atoms with van der Waals surface area (Å²) in [5.41, 5.74) is 11.4. The largest absolute Gasteiger partial charge is 0.508 e. The number of hydrogen-bond acceptors (Lipinski definition) is 5. The summed E-state index contributed by atoms with van der Waals surface area (Å²) >= 11 is 0. The van der Waals surface area contributed by atoms with Gasteiger partial charge in [-0.2, -0.15) is 0 Å². The first-order valence-electron chi connectivity index (χ1n) is 24.6. The summed E-state index contributed by atoms with van der Waals surface area (Å²) in [5, 5.41) is 10.0. The van der Waals surface area contributed by atoms with Crippen molar-refractivity contribution in [2.75, 3.05) is 18.2 Å². The summed E-state index contributed by atoms with van der Waals surface area (Å²) in [4.78, 5) is 43.6. The van der Waals surface area contributed by atoms with E-state index < -0.39 is 0 Å². The van der Waals surface area contributed by atoms with Gasteiger partial charge in [0.2, 0.25) is 6.71 Å². The van der Waals surface area contributed by atoms with Gasteiger partial charge in [0.1, 0.15) is 17.3 Å². The number of ketones is 1. The van der Waals surface area contributed by atoms with Crippen LogP contribution in [0.5, 0.6) is 11.5 Å². The number of aromatic hydroxyl groups is 1. The molecule has 1 atom stereocenters. The molecule has 69 heavy (non-hydrogen) atoms. The number of carbonyl (C=O) groups excluding carboxylic acids is 3. The topological polar surface area (TPSA) is 92.1 Å². The van der Waals surface area contributed by atoms with Gasteiger partial charge in [-0.25, -0.2) is 0 Å². The van der Waals surface area contributed by atoms with Crippen molar-refractivity contribution in [1.82, 2.24) is 9.47 Å². The number of aromatic nitrogens is 1. The van der Waals surface area contributed by atoms with Crippen molar-refractivity contribution >= 4 is 41.2 Å². The molecule has 4 aromatic carbocycles. The minimum atomic E-state index is -0.202. The van der Waals surface area contributed by atoms with E-state index in [1.54, 1.807) is 43.0 Å². The number of nitrogens with zero attached hydrogens (tertiary/aromatic N) is 3. The summed E-state index contributed by atoms with van der Waals surface area (Å²) in [6.07, 6.45) is 14.2. The Kier molecular flexibility index (Phi) is 21.4. The van der Waals surface area contributed by atoms with Crippen molar-refractivity contribution in [3.63, 3.8) is 0 Å². The van der Waals surface area contributed by atoms with Gasteiger partial charge in [-0.05, 0) is 123 Å². The molecule has 8 nitrogen and oxygen atoms in total. The van der Waals surface area contributed by atoms with Crippen molar-refractivity contribution in [3.05, 3.63) is 159 Å². The zero-order valence-corrected chi connectivity index (χ0v) is 42.9. The highest BCUT2D eigenvalue weighted by Crippen LogP contribution is 2.39. The maximum absolute atomic E-state index is 14.7. The summed E-state index contributed by atoms with van der Waals surface area (Å²) in [7, 11) is 1.88. The Morgan fingerprint density at radius 1 is 0.870 bits per heavy atom. The fraction of sp³-hybridized carbons (Fsp3) is 0.373. The molecule has 0 saturated carbocycles. The molecule has 1 unspecified atom stereocenters. The lowest BCUT2D eigenvalue weighted by Gasteiger charge is -2.35. The third-order valence-electron chi connectivity index (χ3n) is 12.6. The quantitative estimate of drug-likeness (QED) is 0.0938. The van der Waals surface area contributed by atoms with E-state index in [4.69, 9.17) is 11.2 Å². The number of terminal acetylenes is 1. The maximum atomic E-state index is 14.7. The Labute approximate surface area is 412 Å². The minimum absolute atomic E-state index is 0.00952. The molecule has 2 aliphatic heterocycles. The summed E-state index contributed by atoms with van der Waals surface area (Å²) < 4.78 is 18.0. The fourth-order valence-electron chi connectivity index (χ4n) is 8.09. The third kappa shape index (κ3) is 14.2. The lowest BCUT2D eigenvalue weighted by Crippen LogP contribution is -2.43. The van der Waals surface area contributed by atoms with Gasteiger partial charge in [0.15, 0.2) is 0 Å². The first-order chi connectivity index (χ1) is 33.1. The summed E-state index contributed by atoms with van der Waals surface area (Å²) in [6.45, 7) is 21.1. The third-order valence-corrected chi connectivity index (χ3v) is 12.6. The van der Waals surface area contributed by atoms with Crippen molar-refractivity contribution in [1.29, 1.82) is 0 Å². The van der Waals surface area contributed by atoms with E-state index >= 15 is 0 Å². The van der Waals surface area contributed by atoms with Crippen LogP contribution in [0.25, 0.3) is 5.47 Å². The Morgan fingerprint density at radius 2 is 1.49 bits per heavy atom. The molecule has 2 amide bonds. The second-order valence-electron chi connectivity index (χ2n) is 17.8. The van der Waals surface area contributed by atoms with Crippen LogP contribution in [0.3, 0.4) is 0 Å². The zero-order chi connectivity index (χ0) is 50.8. The lowest BCUT2D eigenvalue weighted by atomic mass is 9.42. The van der Waals surface area contributed by atoms with E-state index in [-0.39, 0.29) is 42.8 Å². The van der Waals surface area contributed by atoms with E-state index in [2.05, 4.69) is 77.7 Å². The molecule has 0 aliphatic carbocycles. The number of aryl methyl sites for hydroxylation is 1. The van der Waals surface area contributed by atoms with E-state index in [0.29, 0.717) is 47.6 Å². The molecule has 0 fully saturated rings. The second kappa shape index (κ2) is 26.8. The van der Waals surface area contributed by atoms with Crippen LogP contribution in [0.2, 0.25) is 6.82 Å². The van der Waals surface area contributed by atoms with E-state index in [9.17, 15) is 23.9 Å². The number of hydrogen-bond donors (Lipinski definition) is 1. The molecule has 10 heteroatoms. The van der Waals surface area contributed by atoms with Gasteiger partial charge in [-0.15, -0.1) is 6.42 Å². The molecule has 5 aromatic rings. The van der Waals surface area contributed by atoms with Crippen LogP contribution in [0.15, 0.2) is 114 Å². The van der Waals surface area contributed by atoms with Gasteiger partial charge in [-0.1, -0.05) is 133 Å². The number of phenolic OH excluding ortho intramolecular Hbond substituents is 1. The maximum Gasteiger partial charge on any atom is 0.262 e. The molecular formula is C59H73BFN3O5. The molecular weight excluding hydrogens is 860 g/mol. The molecule has 364 valence electrons. The van der Waals surface area contributed by atoms with E-state index in [1.807, 2.05) is 78.9 Å². The van der Waals surface area contributed by atoms with Crippen LogP contribution < -0.4 is 9.64 Å². The second-order valence-corrected chi connectivity index (χ2v) is 17.8. The number of halogens is 1. The molecule has 0 radical (unpaired) electrons. The smallest absolute Gasteiger partial charge is 0.262 e. The molecule has 2 aliphatic rings. The predicted molar refractivity (Wildman–Crippen MR) is 284 cm³/mol. The Bertz CT molecular complexity index is 2610. The van der Waals surface area contributed by atoms with Crippen LogP contribution in [-0.4, -0.2) is 58.2 Å². The number of alkyl halides is 1. The van der Waals surface area contributed by atoms with Crippen molar-refractivity contribution in [2.24, 2.45) is 7.05 Å². The van der Waals surface area contributed by atoms with Crippen LogP contribution >= 0.6 is 0 Å². The highest BCUT2D eigenvalue weighted by molar-refractivity contribution is 6.86. The first kappa shape index (κ1) is 55.0. The number of anilines is 2. The monoisotopic (exact) mass is 934 g/mol. The number of phenols is 1. The Balaban J connectivity index is 0.000000390. The highest BCUT2D eigenvalue weighted by atomic mass is 19.1. The van der Waals surface area contributed by atoms with E-state index in [1.165, 1.54) is 24.0 Å². The van der Waals surface area contributed by atoms with Crippen LogP contribution in [0, 0.1) is 19.3 Å². The fourth-order valence-corrected chi connectivity index (χ4v) is 8.09. The number of benzene rings is 4. The molecule has 0 bridgehead atoms. The van der Waals surface area contributed by atoms with Crippen LogP contribution in [0.4, 0.5) is 15.8 Å². The minimum Gasteiger partial charge on any atom is -0.508 e. The predicted octanol–water partition coefficient (Wildman–Crippen LogP) is 13.2. The highest BCUT2D eigenvalue weighted by Gasteiger charge is 2.36. The number of Topliss-reactive ketones (excluding diaryl/α,β-unsaturated/α-hetero) is 1. The van der Waals surface area contributed by atoms with Gasteiger partial charge in [0, 0.05) is 48.6 Å². The van der Waals surface area contributed by atoms with Crippen molar-refractivity contribution in [3.8, 4) is 23.8 Å². The average Bonchev–Trinajstić information content (AvgIpc) is 3.82. The average molecular weight is 934 g/mol. The molecule has 0 saturated heterocycles. The first-order valence-corrected chi connectivity index (χ1v) is 24.6. The Hall–Kier alpha value is -6.60. The summed E-state index contributed by atoms with van der Waals surface area (Å²) in [5.74, 6) is 3.69. The van der Waals surface area contributed by atoms with Gasteiger partial charge >= 0.3 is 0 Å². The van der Waals surface area contributed by atoms with Crippen LogP contribution in [-0.2, 0) is 42.4 Å². The number of allylic oxidation sites excluding steroid dienone is 1. The van der Waals surface area contributed by atoms with Crippen LogP contribution in [0.1, 0.15) is 131 Å². The summed E-state index contributed by atoms with van der Waals surface area (Å²) in [6, 6.07) is 30.7. The number of fused-ring (bicyclic) bond motifs is 1. The molecule has 3 heterocycles. The van der Waals surface area contributed by atoms with Gasteiger partial charge in [-0.3, -0.25) is 23.7 Å². The van der Waals surface area contributed by atoms with Crippen molar-refractivity contribution < 1.29 is 28.6 Å². The van der Waals surface area contributed by atoms with Crippen molar-refractivity contribution in [2.45, 2.75) is 127 Å². The molecule has 0 spiro atoms. The number of unbranched alkanes of at least 4 members (excludes halogenated alkanes) is 1. The number of rotatable bonds is 13. The number of amides is 2. The number of ether oxygens (including phenoxy) is 1. The van der Waals surface area contributed by atoms with E-state index in [0.717, 1.165) is 64.9 Å². The van der Waals surface area contributed by atoms with Gasteiger partial charge in [0.05, 0.1) is 24.7 Å². The lowest BCUT2D eigenvalue weighted by molar-refractivity contribution is -0.116. The zero-order valence-electron chi connectivity index (χ0n) is 42.9. The normalized spacial score (nSPS) is 13.6.